The number of benzene rings is 2. The highest BCUT2D eigenvalue weighted by molar-refractivity contribution is 8.00. The highest BCUT2D eigenvalue weighted by atomic mass is 32.2. The third kappa shape index (κ3) is 4.54. The highest BCUT2D eigenvalue weighted by Gasteiger charge is 2.25. The third-order valence-corrected chi connectivity index (χ3v) is 5.98. The first-order chi connectivity index (χ1) is 13.5. The molecule has 0 bridgehead atoms. The minimum absolute atomic E-state index is 0.189. The van der Waals surface area contributed by atoms with Gasteiger partial charge in [-0.3, -0.25) is 9.59 Å². The summed E-state index contributed by atoms with van der Waals surface area (Å²) in [5.74, 6) is -0.607. The first-order valence-electron chi connectivity index (χ1n) is 9.06. The smallest absolute Gasteiger partial charge is 0.324 e. The zero-order valence-electron chi connectivity index (χ0n) is 16.2. The Morgan fingerprint density at radius 3 is 2.18 bits per heavy atom. The van der Waals surface area contributed by atoms with Crippen LogP contribution >= 0.6 is 11.8 Å². The molecule has 0 radical (unpaired) electrons. The van der Waals surface area contributed by atoms with Crippen LogP contribution in [0, 0.1) is 13.8 Å². The monoisotopic (exact) mass is 393 g/mol. The van der Waals surface area contributed by atoms with Gasteiger partial charge in [-0.2, -0.15) is 0 Å². The molecule has 1 heterocycles. The molecular formula is C23H23NO3S. The van der Waals surface area contributed by atoms with Crippen molar-refractivity contribution in [2.24, 2.45) is 7.05 Å². The van der Waals surface area contributed by atoms with Crippen molar-refractivity contribution < 1.29 is 14.3 Å². The maximum absolute atomic E-state index is 12.8. The van der Waals surface area contributed by atoms with Gasteiger partial charge in [-0.05, 0) is 37.6 Å². The molecule has 0 saturated heterocycles. The van der Waals surface area contributed by atoms with Gasteiger partial charge in [-0.1, -0.05) is 48.5 Å². The Hall–Kier alpha value is -2.79. The number of hydrogen-bond acceptors (Lipinski definition) is 4. The zero-order chi connectivity index (χ0) is 20.1. The molecule has 0 N–H and O–H groups in total. The summed E-state index contributed by atoms with van der Waals surface area (Å²) in [6, 6.07) is 21.0. The van der Waals surface area contributed by atoms with Gasteiger partial charge in [0.05, 0.1) is 0 Å². The van der Waals surface area contributed by atoms with Crippen LogP contribution in [0.25, 0.3) is 0 Å². The summed E-state index contributed by atoms with van der Waals surface area (Å²) in [6.45, 7) is 3.57. The number of hydrogen-bond donors (Lipinski definition) is 0. The summed E-state index contributed by atoms with van der Waals surface area (Å²) in [5, 5.41) is -0.532. The van der Waals surface area contributed by atoms with Crippen molar-refractivity contribution in [2.45, 2.75) is 24.0 Å². The Kier molecular flexibility index (Phi) is 6.37. The molecule has 3 aromatic rings. The number of carbonyl (C=O) groups is 2. The van der Waals surface area contributed by atoms with E-state index in [9.17, 15) is 9.59 Å². The van der Waals surface area contributed by atoms with Crippen molar-refractivity contribution in [1.29, 1.82) is 0 Å². The predicted octanol–water partition coefficient (Wildman–Crippen LogP) is 4.90. The second kappa shape index (κ2) is 8.93. The third-order valence-electron chi connectivity index (χ3n) is 4.73. The molecule has 144 valence electrons. The summed E-state index contributed by atoms with van der Waals surface area (Å²) in [6.07, 6.45) is 0. The number of Topliss-reactive ketones (excluding diaryl/α,β-unsaturated/α-hetero) is 1. The number of nitrogens with zero attached hydrogens (tertiary/aromatic N) is 1. The lowest BCUT2D eigenvalue weighted by atomic mass is 10.1. The maximum atomic E-state index is 12.8. The molecule has 0 fully saturated rings. The molecule has 2 aromatic carbocycles. The molecule has 0 amide bonds. The van der Waals surface area contributed by atoms with Crippen molar-refractivity contribution in [2.75, 3.05) is 6.61 Å². The minimum atomic E-state index is -0.532. The first-order valence-corrected chi connectivity index (χ1v) is 9.94. The summed E-state index contributed by atoms with van der Waals surface area (Å²) in [7, 11) is 1.91. The van der Waals surface area contributed by atoms with Gasteiger partial charge in [0.1, 0.15) is 5.25 Å². The Morgan fingerprint density at radius 1 is 1.00 bits per heavy atom. The van der Waals surface area contributed by atoms with E-state index in [1.807, 2.05) is 92.2 Å². The van der Waals surface area contributed by atoms with Gasteiger partial charge < -0.3 is 9.30 Å². The molecule has 28 heavy (non-hydrogen) atoms. The molecule has 0 aliphatic rings. The van der Waals surface area contributed by atoms with Crippen LogP contribution in [0.5, 0.6) is 0 Å². The molecule has 0 aliphatic heterocycles. The minimum Gasteiger partial charge on any atom is -0.456 e. The quantitative estimate of drug-likeness (QED) is 0.325. The number of ether oxygens (including phenoxy) is 1. The van der Waals surface area contributed by atoms with Crippen molar-refractivity contribution in [3.63, 3.8) is 0 Å². The molecule has 0 saturated carbocycles. The van der Waals surface area contributed by atoms with E-state index in [4.69, 9.17) is 4.74 Å². The second-order valence-electron chi connectivity index (χ2n) is 6.60. The van der Waals surface area contributed by atoms with Crippen LogP contribution in [0.1, 0.15) is 32.6 Å². The predicted molar refractivity (Wildman–Crippen MR) is 112 cm³/mol. The fourth-order valence-corrected chi connectivity index (χ4v) is 3.99. The van der Waals surface area contributed by atoms with E-state index in [1.54, 1.807) is 0 Å². The van der Waals surface area contributed by atoms with E-state index in [-0.39, 0.29) is 12.4 Å². The van der Waals surface area contributed by atoms with Crippen LogP contribution in [0.3, 0.4) is 0 Å². The molecule has 5 heteroatoms. The number of aryl methyl sites for hydroxylation is 1. The standard InChI is InChI=1S/C23H23NO3S/c1-16-14-20(17(2)24(16)3)21(25)15-27-23(26)22(18-10-6-4-7-11-18)28-19-12-8-5-9-13-19/h4-14,22H,15H2,1-3H3/t22-/m0/s1. The second-order valence-corrected chi connectivity index (χ2v) is 7.77. The molecule has 0 unspecified atom stereocenters. The number of thioether (sulfide) groups is 1. The van der Waals surface area contributed by atoms with Gasteiger partial charge in [0.2, 0.25) is 5.78 Å². The summed E-state index contributed by atoms with van der Waals surface area (Å²) in [4.78, 5) is 26.4. The first kappa shape index (κ1) is 20.0. The Labute approximate surface area is 169 Å². The topological polar surface area (TPSA) is 48.3 Å². The van der Waals surface area contributed by atoms with E-state index in [2.05, 4.69) is 0 Å². The Morgan fingerprint density at radius 2 is 1.61 bits per heavy atom. The number of esters is 1. The Balaban J connectivity index is 1.74. The van der Waals surface area contributed by atoms with E-state index >= 15 is 0 Å². The lowest BCUT2D eigenvalue weighted by Crippen LogP contribution is -2.19. The van der Waals surface area contributed by atoms with Crippen molar-refractivity contribution >= 4 is 23.5 Å². The molecule has 4 nitrogen and oxygen atoms in total. The van der Waals surface area contributed by atoms with Gasteiger partial charge in [-0.25, -0.2) is 0 Å². The largest absolute Gasteiger partial charge is 0.456 e. The van der Waals surface area contributed by atoms with E-state index in [1.165, 1.54) is 11.8 Å². The van der Waals surface area contributed by atoms with Gasteiger partial charge in [0.25, 0.3) is 0 Å². The normalized spacial score (nSPS) is 11.8. The van der Waals surface area contributed by atoms with Gasteiger partial charge in [-0.15, -0.1) is 11.8 Å². The number of rotatable bonds is 7. The maximum Gasteiger partial charge on any atom is 0.324 e. The molecular weight excluding hydrogens is 370 g/mol. The van der Waals surface area contributed by atoms with Crippen molar-refractivity contribution in [3.8, 4) is 0 Å². The Bertz CT molecular complexity index is 964. The summed E-state index contributed by atoms with van der Waals surface area (Å²) < 4.78 is 7.38. The van der Waals surface area contributed by atoms with E-state index < -0.39 is 11.2 Å². The molecule has 0 aliphatic carbocycles. The van der Waals surface area contributed by atoms with Crippen LogP contribution in [0.2, 0.25) is 0 Å². The van der Waals surface area contributed by atoms with E-state index in [0.717, 1.165) is 21.8 Å². The summed E-state index contributed by atoms with van der Waals surface area (Å²) in [5.41, 5.74) is 3.31. The van der Waals surface area contributed by atoms with E-state index in [0.29, 0.717) is 5.56 Å². The van der Waals surface area contributed by atoms with Crippen LogP contribution in [-0.2, 0) is 16.6 Å². The van der Waals surface area contributed by atoms with Crippen LogP contribution in [-0.4, -0.2) is 22.9 Å². The highest BCUT2D eigenvalue weighted by Crippen LogP contribution is 2.36. The average Bonchev–Trinajstić information content (AvgIpc) is 2.99. The van der Waals surface area contributed by atoms with Crippen molar-refractivity contribution in [1.82, 2.24) is 4.57 Å². The fourth-order valence-electron chi connectivity index (χ4n) is 2.94. The molecule has 3 rings (SSSR count). The summed E-state index contributed by atoms with van der Waals surface area (Å²) >= 11 is 1.42. The molecule has 0 spiro atoms. The number of aromatic nitrogens is 1. The molecule has 1 aromatic heterocycles. The van der Waals surface area contributed by atoms with Crippen LogP contribution in [0.4, 0.5) is 0 Å². The average molecular weight is 394 g/mol. The van der Waals surface area contributed by atoms with Gasteiger partial charge in [0.15, 0.2) is 6.61 Å². The van der Waals surface area contributed by atoms with Crippen molar-refractivity contribution in [3.05, 3.63) is 89.2 Å². The SMILES string of the molecule is Cc1cc(C(=O)COC(=O)[C@@H](Sc2ccccc2)c2ccccc2)c(C)n1C. The number of carbonyl (C=O) groups excluding carboxylic acids is 2. The van der Waals surface area contributed by atoms with Crippen LogP contribution in [0.15, 0.2) is 71.6 Å². The van der Waals surface area contributed by atoms with Gasteiger partial charge >= 0.3 is 5.97 Å². The van der Waals surface area contributed by atoms with Gasteiger partial charge in [0, 0.05) is 28.9 Å². The lowest BCUT2D eigenvalue weighted by molar-refractivity contribution is -0.142. The number of ketones is 1. The zero-order valence-corrected chi connectivity index (χ0v) is 17.0. The van der Waals surface area contributed by atoms with Crippen LogP contribution < -0.4 is 0 Å². The fraction of sp³-hybridized carbons (Fsp3) is 0.217. The molecule has 1 atom stereocenters. The lowest BCUT2D eigenvalue weighted by Gasteiger charge is -2.16.